The van der Waals surface area contributed by atoms with Crippen LogP contribution in [-0.4, -0.2) is 63.2 Å². The Kier molecular flexibility index (Phi) is 5.75. The van der Waals surface area contributed by atoms with E-state index >= 15 is 0 Å². The van der Waals surface area contributed by atoms with Crippen molar-refractivity contribution in [2.24, 2.45) is 0 Å². The molecule has 0 aliphatic carbocycles. The van der Waals surface area contributed by atoms with Crippen LogP contribution in [0.5, 0.6) is 11.5 Å². The Morgan fingerprint density at radius 1 is 1.13 bits per heavy atom. The molecule has 2 aliphatic heterocycles. The first-order valence-electron chi connectivity index (χ1n) is 9.44. The molecule has 0 radical (unpaired) electrons. The maximum Gasteiger partial charge on any atom is 0.293 e. The van der Waals surface area contributed by atoms with Crippen LogP contribution in [0.4, 0.5) is 11.4 Å². The number of hydrogen-bond donors (Lipinski definition) is 1. The Morgan fingerprint density at radius 3 is 2.60 bits per heavy atom. The summed E-state index contributed by atoms with van der Waals surface area (Å²) in [6.45, 7) is 1.58. The summed E-state index contributed by atoms with van der Waals surface area (Å²) >= 11 is 0. The molecule has 10 nitrogen and oxygen atoms in total. The fourth-order valence-electron chi connectivity index (χ4n) is 3.30. The summed E-state index contributed by atoms with van der Waals surface area (Å²) in [4.78, 5) is 10.9. The molecular weight excluding hydrogens is 414 g/mol. The summed E-state index contributed by atoms with van der Waals surface area (Å²) in [6, 6.07) is 11.1. The summed E-state index contributed by atoms with van der Waals surface area (Å²) in [5, 5.41) is 14.6. The molecule has 0 saturated carbocycles. The molecule has 2 aliphatic rings. The molecule has 2 aromatic rings. The van der Waals surface area contributed by atoms with Crippen LogP contribution < -0.4 is 14.8 Å². The summed E-state index contributed by atoms with van der Waals surface area (Å²) in [7, 11) is -3.83. The van der Waals surface area contributed by atoms with E-state index in [0.29, 0.717) is 31.3 Å². The van der Waals surface area contributed by atoms with Gasteiger partial charge in [-0.3, -0.25) is 10.1 Å². The third-order valence-corrected chi connectivity index (χ3v) is 6.76. The van der Waals surface area contributed by atoms with E-state index < -0.39 is 14.9 Å². The van der Waals surface area contributed by atoms with Gasteiger partial charge >= 0.3 is 0 Å². The van der Waals surface area contributed by atoms with Gasteiger partial charge in [0.15, 0.2) is 11.5 Å². The highest BCUT2D eigenvalue weighted by molar-refractivity contribution is 7.89. The Balaban J connectivity index is 1.49. The number of nitrogens with zero attached hydrogens (tertiary/aromatic N) is 2. The van der Waals surface area contributed by atoms with Gasteiger partial charge in [-0.25, -0.2) is 8.42 Å². The van der Waals surface area contributed by atoms with Crippen molar-refractivity contribution in [2.45, 2.75) is 11.0 Å². The summed E-state index contributed by atoms with van der Waals surface area (Å²) in [6.07, 6.45) is -0.351. The molecule has 0 amide bonds. The Hall–Kier alpha value is -2.89. The number of nitro benzene ring substituents is 1. The molecule has 11 heteroatoms. The van der Waals surface area contributed by atoms with Gasteiger partial charge < -0.3 is 19.5 Å². The second kappa shape index (κ2) is 8.46. The van der Waals surface area contributed by atoms with E-state index in [0.717, 1.165) is 6.07 Å². The molecule has 0 bridgehead atoms. The average molecular weight is 435 g/mol. The van der Waals surface area contributed by atoms with E-state index in [1.54, 1.807) is 12.1 Å². The fraction of sp³-hybridized carbons (Fsp3) is 0.368. The highest BCUT2D eigenvalue weighted by Crippen LogP contribution is 2.32. The molecule has 1 N–H and O–H groups in total. The molecule has 0 spiro atoms. The number of nitrogens with one attached hydrogen (secondary N) is 1. The van der Waals surface area contributed by atoms with Crippen molar-refractivity contribution in [2.75, 3.05) is 44.8 Å². The first-order chi connectivity index (χ1) is 14.4. The van der Waals surface area contributed by atoms with Gasteiger partial charge in [-0.1, -0.05) is 12.1 Å². The smallest absolute Gasteiger partial charge is 0.293 e. The van der Waals surface area contributed by atoms with Crippen LogP contribution in [0.3, 0.4) is 0 Å². The zero-order valence-corrected chi connectivity index (χ0v) is 16.8. The van der Waals surface area contributed by atoms with Crippen LogP contribution in [0, 0.1) is 10.1 Å². The molecule has 2 heterocycles. The van der Waals surface area contributed by atoms with Gasteiger partial charge in [-0.15, -0.1) is 0 Å². The molecule has 1 atom stereocenters. The van der Waals surface area contributed by atoms with Crippen LogP contribution in [0.1, 0.15) is 0 Å². The van der Waals surface area contributed by atoms with Crippen LogP contribution in [0.2, 0.25) is 0 Å². The number of ether oxygens (including phenoxy) is 3. The van der Waals surface area contributed by atoms with E-state index in [-0.39, 0.29) is 42.0 Å². The van der Waals surface area contributed by atoms with Crippen molar-refractivity contribution in [1.82, 2.24) is 4.31 Å². The normalized spacial score (nSPS) is 19.3. The van der Waals surface area contributed by atoms with Crippen molar-refractivity contribution in [3.05, 3.63) is 52.6 Å². The first-order valence-corrected chi connectivity index (χ1v) is 10.9. The number of sulfonamides is 1. The van der Waals surface area contributed by atoms with Crippen LogP contribution in [-0.2, 0) is 14.8 Å². The van der Waals surface area contributed by atoms with E-state index in [1.807, 2.05) is 12.1 Å². The van der Waals surface area contributed by atoms with Gasteiger partial charge in [0.2, 0.25) is 10.0 Å². The highest BCUT2D eigenvalue weighted by Gasteiger charge is 2.29. The van der Waals surface area contributed by atoms with Crippen molar-refractivity contribution in [1.29, 1.82) is 0 Å². The number of anilines is 1. The molecule has 4 rings (SSSR count). The van der Waals surface area contributed by atoms with Gasteiger partial charge in [-0.05, 0) is 24.3 Å². The SMILES string of the molecule is O=[N+]([O-])c1cc(S(=O)(=O)N2CCOCC2)ccc1NCC1COc2ccccc2O1. The van der Waals surface area contributed by atoms with Gasteiger partial charge in [0, 0.05) is 19.2 Å². The molecule has 160 valence electrons. The molecular formula is C19H21N3O7S. The molecule has 2 aromatic carbocycles. The van der Waals surface area contributed by atoms with Gasteiger partial charge in [0.25, 0.3) is 5.69 Å². The number of morpholine rings is 1. The van der Waals surface area contributed by atoms with Crippen molar-refractivity contribution < 1.29 is 27.6 Å². The lowest BCUT2D eigenvalue weighted by Gasteiger charge is -2.27. The molecule has 30 heavy (non-hydrogen) atoms. The number of nitro groups is 1. The number of fused-ring (bicyclic) bond motifs is 1. The topological polar surface area (TPSA) is 120 Å². The Bertz CT molecular complexity index is 1040. The van der Waals surface area contributed by atoms with Crippen LogP contribution in [0.25, 0.3) is 0 Å². The maximum atomic E-state index is 12.8. The highest BCUT2D eigenvalue weighted by atomic mass is 32.2. The summed E-state index contributed by atoms with van der Waals surface area (Å²) < 4.78 is 43.5. The zero-order chi connectivity index (χ0) is 21.1. The van der Waals surface area contributed by atoms with E-state index in [4.69, 9.17) is 14.2 Å². The third kappa shape index (κ3) is 4.18. The van der Waals surface area contributed by atoms with E-state index in [9.17, 15) is 18.5 Å². The number of rotatable bonds is 6. The number of hydrogen-bond acceptors (Lipinski definition) is 8. The molecule has 1 saturated heterocycles. The minimum atomic E-state index is -3.83. The zero-order valence-electron chi connectivity index (χ0n) is 16.0. The quantitative estimate of drug-likeness (QED) is 0.539. The van der Waals surface area contributed by atoms with Crippen LogP contribution in [0.15, 0.2) is 47.4 Å². The second-order valence-corrected chi connectivity index (χ2v) is 8.77. The fourth-order valence-corrected chi connectivity index (χ4v) is 4.72. The molecule has 1 unspecified atom stereocenters. The number of benzene rings is 2. The predicted octanol–water partition coefficient (Wildman–Crippen LogP) is 1.87. The standard InChI is InChI=1S/C19H21N3O7S/c23-22(24)17-11-15(30(25,26)21-7-9-27-10-8-21)5-6-16(17)20-12-14-13-28-18-3-1-2-4-19(18)29-14/h1-6,11,14,20H,7-10,12-13H2. The van der Waals surface area contributed by atoms with Gasteiger partial charge in [0.05, 0.1) is 29.6 Å². The largest absolute Gasteiger partial charge is 0.486 e. The minimum Gasteiger partial charge on any atom is -0.486 e. The average Bonchev–Trinajstić information content (AvgIpc) is 2.78. The maximum absolute atomic E-state index is 12.8. The second-order valence-electron chi connectivity index (χ2n) is 6.83. The summed E-state index contributed by atoms with van der Waals surface area (Å²) in [5.41, 5.74) is -0.107. The van der Waals surface area contributed by atoms with Crippen LogP contribution >= 0.6 is 0 Å². The Morgan fingerprint density at radius 2 is 1.87 bits per heavy atom. The first kappa shape index (κ1) is 20.4. The third-order valence-electron chi connectivity index (χ3n) is 4.86. The van der Waals surface area contributed by atoms with E-state index in [2.05, 4.69) is 5.32 Å². The minimum absolute atomic E-state index is 0.118. The van der Waals surface area contributed by atoms with Gasteiger partial charge in [-0.2, -0.15) is 4.31 Å². The Labute approximate surface area is 173 Å². The van der Waals surface area contributed by atoms with Crippen molar-refractivity contribution >= 4 is 21.4 Å². The molecule has 1 fully saturated rings. The lowest BCUT2D eigenvalue weighted by molar-refractivity contribution is -0.384. The monoisotopic (exact) mass is 435 g/mol. The lowest BCUT2D eigenvalue weighted by atomic mass is 10.2. The van der Waals surface area contributed by atoms with Gasteiger partial charge in [0.1, 0.15) is 18.4 Å². The van der Waals surface area contributed by atoms with E-state index in [1.165, 1.54) is 16.4 Å². The van der Waals surface area contributed by atoms with Crippen molar-refractivity contribution in [3.63, 3.8) is 0 Å². The lowest BCUT2D eigenvalue weighted by Crippen LogP contribution is -2.40. The predicted molar refractivity (Wildman–Crippen MR) is 108 cm³/mol. The molecule has 0 aromatic heterocycles. The van der Waals surface area contributed by atoms with Crippen molar-refractivity contribution in [3.8, 4) is 11.5 Å². The number of para-hydroxylation sites is 2. The summed E-state index contributed by atoms with van der Waals surface area (Å²) in [5.74, 6) is 1.26.